The van der Waals surface area contributed by atoms with Gasteiger partial charge in [-0.1, -0.05) is 32.4 Å². The molecule has 6 aliphatic rings. The second-order valence-corrected chi connectivity index (χ2v) is 13.8. The van der Waals surface area contributed by atoms with E-state index in [4.69, 9.17) is 9.47 Å². The van der Waals surface area contributed by atoms with E-state index < -0.39 is 11.4 Å². The maximum Gasteiger partial charge on any atom is 0.198 e. The standard InChI is InChI=1S/C28H44O4/c1-16-15-28(32-24(16,2)3)27(6,30)23-22(31-28)14-21-19-8-7-17-13-18(29)9-11-25(17,4)20(19)10-12-26(21,23)5/h7,16,18-23,29-30H,8-15H2,1-6H3/t16-,18-,19?,20?,21?,22-,23-,25-,26-,27+,28+/m0/s1. The molecule has 4 nitrogen and oxygen atoms in total. The molecule has 2 aliphatic heterocycles. The molecular formula is C28H44O4. The van der Waals surface area contributed by atoms with Crippen LogP contribution in [0.4, 0.5) is 0 Å². The minimum atomic E-state index is -0.968. The predicted molar refractivity (Wildman–Crippen MR) is 124 cm³/mol. The van der Waals surface area contributed by atoms with Crippen LogP contribution in [0.5, 0.6) is 0 Å². The van der Waals surface area contributed by atoms with E-state index in [9.17, 15) is 10.2 Å². The van der Waals surface area contributed by atoms with Gasteiger partial charge in [0.1, 0.15) is 5.60 Å². The van der Waals surface area contributed by atoms with E-state index in [-0.39, 0.29) is 34.6 Å². The molecule has 0 amide bonds. The Morgan fingerprint density at radius 3 is 2.47 bits per heavy atom. The van der Waals surface area contributed by atoms with Crippen molar-refractivity contribution in [2.45, 2.75) is 122 Å². The molecule has 180 valence electrons. The van der Waals surface area contributed by atoms with Gasteiger partial charge in [0.25, 0.3) is 0 Å². The number of fused-ring (bicyclic) bond motifs is 7. The van der Waals surface area contributed by atoms with Crippen molar-refractivity contribution < 1.29 is 19.7 Å². The molecule has 6 rings (SSSR count). The van der Waals surface area contributed by atoms with Gasteiger partial charge in [-0.3, -0.25) is 0 Å². The van der Waals surface area contributed by atoms with E-state index in [1.54, 1.807) is 0 Å². The lowest BCUT2D eigenvalue weighted by atomic mass is 9.46. The number of allylic oxidation sites excluding steroid dienone is 1. The van der Waals surface area contributed by atoms with Gasteiger partial charge in [-0.05, 0) is 100 Å². The van der Waals surface area contributed by atoms with Crippen LogP contribution in [0.3, 0.4) is 0 Å². The molecule has 0 bridgehead atoms. The Morgan fingerprint density at radius 1 is 1.03 bits per heavy atom. The highest BCUT2D eigenvalue weighted by atomic mass is 16.7. The highest BCUT2D eigenvalue weighted by Crippen LogP contribution is 2.72. The Bertz CT molecular complexity index is 846. The number of aliphatic hydroxyl groups is 2. The Morgan fingerprint density at radius 2 is 1.78 bits per heavy atom. The van der Waals surface area contributed by atoms with E-state index in [0.717, 1.165) is 38.5 Å². The molecule has 32 heavy (non-hydrogen) atoms. The highest BCUT2D eigenvalue weighted by Gasteiger charge is 2.76. The smallest absolute Gasteiger partial charge is 0.198 e. The molecule has 11 atom stereocenters. The molecule has 1 spiro atoms. The van der Waals surface area contributed by atoms with Gasteiger partial charge in [-0.2, -0.15) is 0 Å². The summed E-state index contributed by atoms with van der Waals surface area (Å²) in [4.78, 5) is 0. The van der Waals surface area contributed by atoms with Crippen LogP contribution in [0.1, 0.15) is 92.9 Å². The summed E-state index contributed by atoms with van der Waals surface area (Å²) in [5.74, 6) is 1.59. The molecule has 0 aromatic heterocycles. The van der Waals surface area contributed by atoms with Crippen LogP contribution in [0.2, 0.25) is 0 Å². The van der Waals surface area contributed by atoms with E-state index in [2.05, 4.69) is 40.7 Å². The van der Waals surface area contributed by atoms with E-state index >= 15 is 0 Å². The first-order chi connectivity index (χ1) is 14.8. The third-order valence-corrected chi connectivity index (χ3v) is 12.0. The molecule has 5 fully saturated rings. The Labute approximate surface area is 194 Å². The van der Waals surface area contributed by atoms with E-state index in [1.807, 2.05) is 6.92 Å². The summed E-state index contributed by atoms with van der Waals surface area (Å²) in [7, 11) is 0. The first-order valence-corrected chi connectivity index (χ1v) is 13.3. The van der Waals surface area contributed by atoms with Gasteiger partial charge in [0.05, 0.1) is 17.8 Å². The lowest BCUT2D eigenvalue weighted by Gasteiger charge is -2.59. The largest absolute Gasteiger partial charge is 0.393 e. The summed E-state index contributed by atoms with van der Waals surface area (Å²) >= 11 is 0. The minimum absolute atomic E-state index is 0.0891. The molecule has 4 heteroatoms. The summed E-state index contributed by atoms with van der Waals surface area (Å²) in [5, 5.41) is 22.4. The second-order valence-electron chi connectivity index (χ2n) is 13.8. The highest BCUT2D eigenvalue weighted by molar-refractivity contribution is 5.27. The van der Waals surface area contributed by atoms with Crippen LogP contribution in [0.25, 0.3) is 0 Å². The number of ether oxygens (including phenoxy) is 2. The third kappa shape index (κ3) is 2.54. The lowest BCUT2D eigenvalue weighted by molar-refractivity contribution is -0.298. The quantitative estimate of drug-likeness (QED) is 0.503. The molecule has 3 unspecified atom stereocenters. The van der Waals surface area contributed by atoms with Crippen molar-refractivity contribution in [3.05, 3.63) is 11.6 Å². The summed E-state index contributed by atoms with van der Waals surface area (Å²) in [6.45, 7) is 13.5. The molecule has 2 heterocycles. The normalized spacial score (nSPS) is 60.5. The summed E-state index contributed by atoms with van der Waals surface area (Å²) in [5.41, 5.74) is 0.626. The number of rotatable bonds is 0. The molecule has 0 aromatic carbocycles. The third-order valence-electron chi connectivity index (χ3n) is 12.0. The van der Waals surface area contributed by atoms with Crippen LogP contribution in [-0.2, 0) is 9.47 Å². The molecule has 2 saturated heterocycles. The van der Waals surface area contributed by atoms with Gasteiger partial charge in [-0.25, -0.2) is 0 Å². The van der Waals surface area contributed by atoms with Crippen molar-refractivity contribution >= 4 is 0 Å². The van der Waals surface area contributed by atoms with Crippen LogP contribution in [0, 0.1) is 40.4 Å². The van der Waals surface area contributed by atoms with Gasteiger partial charge in [0.2, 0.25) is 0 Å². The van der Waals surface area contributed by atoms with Crippen molar-refractivity contribution in [3.8, 4) is 0 Å². The van der Waals surface area contributed by atoms with Crippen LogP contribution < -0.4 is 0 Å². The predicted octanol–water partition coefficient (Wildman–Crippen LogP) is 5.22. The van der Waals surface area contributed by atoms with E-state index in [0.29, 0.717) is 23.7 Å². The summed E-state index contributed by atoms with van der Waals surface area (Å²) in [6.07, 6.45) is 10.7. The second kappa shape index (κ2) is 6.42. The molecule has 3 saturated carbocycles. The Kier molecular flexibility index (Phi) is 4.42. The van der Waals surface area contributed by atoms with Gasteiger partial charge < -0.3 is 19.7 Å². The Balaban J connectivity index is 1.33. The molecule has 0 aromatic rings. The zero-order chi connectivity index (χ0) is 22.9. The SMILES string of the molecule is C[C@H]1C[C@@]2(O[C@H]3CC4C5CC=C6C[C@@H](O)CC[C@]6(C)C5CC[C@]4(C)[C@H]3[C@@]2(C)O)OC1(C)C. The van der Waals surface area contributed by atoms with Gasteiger partial charge >= 0.3 is 0 Å². The van der Waals surface area contributed by atoms with Crippen LogP contribution >= 0.6 is 0 Å². The zero-order valence-corrected chi connectivity index (χ0v) is 21.0. The van der Waals surface area contributed by atoms with Crippen molar-refractivity contribution in [1.82, 2.24) is 0 Å². The maximum atomic E-state index is 12.1. The lowest BCUT2D eigenvalue weighted by Crippen LogP contribution is -2.58. The van der Waals surface area contributed by atoms with Crippen molar-refractivity contribution in [3.63, 3.8) is 0 Å². The summed E-state index contributed by atoms with van der Waals surface area (Å²) in [6, 6.07) is 0. The first kappa shape index (κ1) is 22.1. The van der Waals surface area contributed by atoms with E-state index in [1.165, 1.54) is 18.4 Å². The number of hydrogen-bond acceptors (Lipinski definition) is 4. The fourth-order valence-electron chi connectivity index (χ4n) is 9.95. The average Bonchev–Trinajstić information content (AvgIpc) is 3.20. The maximum absolute atomic E-state index is 12.1. The topological polar surface area (TPSA) is 58.9 Å². The van der Waals surface area contributed by atoms with Gasteiger partial charge in [0.15, 0.2) is 5.79 Å². The fraction of sp³-hybridized carbons (Fsp3) is 0.929. The minimum Gasteiger partial charge on any atom is -0.393 e. The van der Waals surface area contributed by atoms with Crippen molar-refractivity contribution in [2.75, 3.05) is 0 Å². The molecular weight excluding hydrogens is 400 g/mol. The number of hydrogen-bond donors (Lipinski definition) is 2. The van der Waals surface area contributed by atoms with Crippen LogP contribution in [0.15, 0.2) is 11.6 Å². The molecule has 2 N–H and O–H groups in total. The number of aliphatic hydroxyl groups excluding tert-OH is 1. The molecule has 0 radical (unpaired) electrons. The van der Waals surface area contributed by atoms with Crippen molar-refractivity contribution in [2.24, 2.45) is 40.4 Å². The zero-order valence-electron chi connectivity index (χ0n) is 21.0. The van der Waals surface area contributed by atoms with Gasteiger partial charge in [-0.15, -0.1) is 0 Å². The Hall–Kier alpha value is -0.420. The van der Waals surface area contributed by atoms with Crippen LogP contribution in [-0.4, -0.2) is 39.4 Å². The fourth-order valence-corrected chi connectivity index (χ4v) is 9.95. The monoisotopic (exact) mass is 444 g/mol. The first-order valence-electron chi connectivity index (χ1n) is 13.3. The molecule has 4 aliphatic carbocycles. The average molecular weight is 445 g/mol. The van der Waals surface area contributed by atoms with Gasteiger partial charge in [0, 0.05) is 12.3 Å². The summed E-state index contributed by atoms with van der Waals surface area (Å²) < 4.78 is 13.4. The van der Waals surface area contributed by atoms with Crippen molar-refractivity contribution in [1.29, 1.82) is 0 Å².